The molecule has 0 radical (unpaired) electrons. The van der Waals surface area contributed by atoms with Crippen molar-refractivity contribution in [1.82, 2.24) is 5.32 Å². The number of amides is 1. The summed E-state index contributed by atoms with van der Waals surface area (Å²) < 4.78 is 27.4. The highest BCUT2D eigenvalue weighted by Gasteiger charge is 2.22. The van der Waals surface area contributed by atoms with Crippen LogP contribution in [-0.2, 0) is 14.8 Å². The predicted molar refractivity (Wildman–Crippen MR) is 103 cm³/mol. The van der Waals surface area contributed by atoms with Crippen LogP contribution in [-0.4, -0.2) is 52.9 Å². The molecule has 1 amide bonds. The molecule has 1 aromatic carbocycles. The van der Waals surface area contributed by atoms with Gasteiger partial charge >= 0.3 is 0 Å². The molecule has 7 nitrogen and oxygen atoms in total. The maximum Gasteiger partial charge on any atom is 0.261 e. The van der Waals surface area contributed by atoms with E-state index in [1.54, 1.807) is 0 Å². The van der Waals surface area contributed by atoms with E-state index in [4.69, 9.17) is 9.88 Å². The highest BCUT2D eigenvalue weighted by atomic mass is 32.2. The molecule has 9 heteroatoms. The summed E-state index contributed by atoms with van der Waals surface area (Å²) in [4.78, 5) is 15.2. The molecule has 3 N–H and O–H groups in total. The first-order valence-corrected chi connectivity index (χ1v) is 10.8. The normalized spacial score (nSPS) is 15.0. The molecule has 26 heavy (non-hydrogen) atoms. The first-order chi connectivity index (χ1) is 12.4. The van der Waals surface area contributed by atoms with Crippen LogP contribution >= 0.6 is 11.3 Å². The zero-order valence-electron chi connectivity index (χ0n) is 14.2. The standard InChI is InChI=1S/C17H21N3O4S2/c18-26(22,23)11-6-19-16(21)15-12-14(13-4-2-1-3-5-13)17(25-15)20-7-9-24-10-8-20/h1-5,12H,6-11H2,(H,19,21)(H2,18,22,23). The van der Waals surface area contributed by atoms with Gasteiger partial charge in [0.2, 0.25) is 10.0 Å². The van der Waals surface area contributed by atoms with Gasteiger partial charge in [0.05, 0.1) is 28.8 Å². The van der Waals surface area contributed by atoms with E-state index in [9.17, 15) is 13.2 Å². The number of hydrogen-bond acceptors (Lipinski definition) is 6. The van der Waals surface area contributed by atoms with Gasteiger partial charge in [-0.2, -0.15) is 0 Å². The molecule has 1 aliphatic heterocycles. The number of anilines is 1. The van der Waals surface area contributed by atoms with Gasteiger partial charge in [-0.1, -0.05) is 30.3 Å². The van der Waals surface area contributed by atoms with Crippen LogP contribution in [0.15, 0.2) is 36.4 Å². The lowest BCUT2D eigenvalue weighted by Crippen LogP contribution is -2.35. The summed E-state index contributed by atoms with van der Waals surface area (Å²) in [5.41, 5.74) is 2.03. The van der Waals surface area contributed by atoms with Crippen LogP contribution in [0.3, 0.4) is 0 Å². The maximum atomic E-state index is 12.4. The Hall–Kier alpha value is -1.94. The summed E-state index contributed by atoms with van der Waals surface area (Å²) in [6, 6.07) is 11.7. The lowest BCUT2D eigenvalue weighted by atomic mass is 10.1. The topological polar surface area (TPSA) is 102 Å². The molecule has 0 atom stereocenters. The first-order valence-electron chi connectivity index (χ1n) is 8.25. The van der Waals surface area contributed by atoms with E-state index in [2.05, 4.69) is 10.2 Å². The molecular weight excluding hydrogens is 374 g/mol. The second-order valence-electron chi connectivity index (χ2n) is 5.92. The molecule has 1 aromatic heterocycles. The lowest BCUT2D eigenvalue weighted by Gasteiger charge is -2.28. The molecule has 2 heterocycles. The van der Waals surface area contributed by atoms with E-state index in [-0.39, 0.29) is 18.2 Å². The molecule has 140 valence electrons. The number of nitrogens with zero attached hydrogens (tertiary/aromatic N) is 1. The van der Waals surface area contributed by atoms with Gasteiger partial charge in [0.25, 0.3) is 5.91 Å². The number of carbonyl (C=O) groups is 1. The highest BCUT2D eigenvalue weighted by molar-refractivity contribution is 7.89. The fraction of sp³-hybridized carbons (Fsp3) is 0.353. The van der Waals surface area contributed by atoms with Crippen molar-refractivity contribution in [1.29, 1.82) is 0 Å². The van der Waals surface area contributed by atoms with Crippen LogP contribution < -0.4 is 15.4 Å². The molecule has 0 spiro atoms. The Bertz CT molecular complexity index is 859. The van der Waals surface area contributed by atoms with Crippen molar-refractivity contribution in [2.24, 2.45) is 5.14 Å². The van der Waals surface area contributed by atoms with Crippen LogP contribution in [0.25, 0.3) is 11.1 Å². The fourth-order valence-electron chi connectivity index (χ4n) is 2.71. The summed E-state index contributed by atoms with van der Waals surface area (Å²) in [5, 5.41) is 8.61. The van der Waals surface area contributed by atoms with E-state index < -0.39 is 10.0 Å². The average Bonchev–Trinajstić information content (AvgIpc) is 3.07. The molecule has 1 saturated heterocycles. The Morgan fingerprint density at radius 2 is 1.92 bits per heavy atom. The van der Waals surface area contributed by atoms with E-state index in [1.165, 1.54) is 11.3 Å². The highest BCUT2D eigenvalue weighted by Crippen LogP contribution is 2.39. The SMILES string of the molecule is NS(=O)(=O)CCNC(=O)c1cc(-c2ccccc2)c(N2CCOCC2)s1. The summed E-state index contributed by atoms with van der Waals surface area (Å²) in [6.07, 6.45) is 0. The van der Waals surface area contributed by atoms with E-state index in [1.807, 2.05) is 36.4 Å². The number of hydrogen-bond donors (Lipinski definition) is 2. The number of rotatable bonds is 6. The number of sulfonamides is 1. The molecule has 0 aliphatic carbocycles. The zero-order valence-corrected chi connectivity index (χ0v) is 15.8. The van der Waals surface area contributed by atoms with Crippen LogP contribution in [0.2, 0.25) is 0 Å². The first kappa shape index (κ1) is 18.8. The van der Waals surface area contributed by atoms with Gasteiger partial charge in [0.1, 0.15) is 0 Å². The maximum absolute atomic E-state index is 12.4. The predicted octanol–water partition coefficient (Wildman–Crippen LogP) is 1.27. The number of morpholine rings is 1. The Morgan fingerprint density at radius 3 is 2.58 bits per heavy atom. The summed E-state index contributed by atoms with van der Waals surface area (Å²) in [5.74, 6) is -0.582. The van der Waals surface area contributed by atoms with Gasteiger partial charge in [-0.3, -0.25) is 4.79 Å². The molecule has 3 rings (SSSR count). The Morgan fingerprint density at radius 1 is 1.23 bits per heavy atom. The van der Waals surface area contributed by atoms with Crippen molar-refractivity contribution in [3.05, 3.63) is 41.3 Å². The number of primary sulfonamides is 1. The number of carbonyl (C=O) groups excluding carboxylic acids is 1. The molecule has 0 saturated carbocycles. The second-order valence-corrected chi connectivity index (χ2v) is 8.68. The van der Waals surface area contributed by atoms with Crippen molar-refractivity contribution in [3.63, 3.8) is 0 Å². The smallest absolute Gasteiger partial charge is 0.261 e. The minimum atomic E-state index is -3.60. The largest absolute Gasteiger partial charge is 0.378 e. The minimum Gasteiger partial charge on any atom is -0.378 e. The van der Waals surface area contributed by atoms with Gasteiger partial charge in [0.15, 0.2) is 0 Å². The van der Waals surface area contributed by atoms with E-state index in [0.29, 0.717) is 18.1 Å². The number of nitrogens with two attached hydrogens (primary N) is 1. The van der Waals surface area contributed by atoms with Crippen molar-refractivity contribution in [2.45, 2.75) is 0 Å². The van der Waals surface area contributed by atoms with Crippen molar-refractivity contribution in [3.8, 4) is 11.1 Å². The number of ether oxygens (including phenoxy) is 1. The van der Waals surface area contributed by atoms with Gasteiger partial charge < -0.3 is 15.0 Å². The lowest BCUT2D eigenvalue weighted by molar-refractivity contribution is 0.0960. The minimum absolute atomic E-state index is 0.0108. The Labute approximate surface area is 156 Å². The van der Waals surface area contributed by atoms with Crippen LogP contribution in [0.5, 0.6) is 0 Å². The number of thiophene rings is 1. The van der Waals surface area contributed by atoms with Crippen LogP contribution in [0.4, 0.5) is 5.00 Å². The molecule has 2 aromatic rings. The summed E-state index contributed by atoms with van der Waals surface area (Å²) in [6.45, 7) is 2.84. The van der Waals surface area contributed by atoms with Gasteiger partial charge in [-0.05, 0) is 11.6 Å². The average molecular weight is 396 g/mol. The fourth-order valence-corrected chi connectivity index (χ4v) is 4.25. The van der Waals surface area contributed by atoms with Gasteiger partial charge in [-0.25, -0.2) is 13.6 Å². The molecule has 1 fully saturated rings. The van der Waals surface area contributed by atoms with Crippen LogP contribution in [0.1, 0.15) is 9.67 Å². The third kappa shape index (κ3) is 4.82. The van der Waals surface area contributed by atoms with Crippen molar-refractivity contribution >= 4 is 32.3 Å². The monoisotopic (exact) mass is 395 g/mol. The van der Waals surface area contributed by atoms with Crippen molar-refractivity contribution < 1.29 is 17.9 Å². The second kappa shape index (κ2) is 8.17. The third-order valence-corrected chi connectivity index (χ3v) is 5.96. The number of nitrogens with one attached hydrogen (secondary N) is 1. The van der Waals surface area contributed by atoms with Gasteiger partial charge in [0, 0.05) is 25.2 Å². The third-order valence-electron chi connectivity index (χ3n) is 3.99. The molecule has 0 unspecified atom stereocenters. The van der Waals surface area contributed by atoms with E-state index in [0.717, 1.165) is 29.2 Å². The van der Waals surface area contributed by atoms with Crippen molar-refractivity contribution in [2.75, 3.05) is 43.5 Å². The Kier molecular flexibility index (Phi) is 5.92. The molecule has 0 bridgehead atoms. The zero-order chi connectivity index (χ0) is 18.6. The summed E-state index contributed by atoms with van der Waals surface area (Å²) >= 11 is 1.40. The van der Waals surface area contributed by atoms with Crippen LogP contribution in [0, 0.1) is 0 Å². The summed E-state index contributed by atoms with van der Waals surface area (Å²) in [7, 11) is -3.60. The van der Waals surface area contributed by atoms with E-state index >= 15 is 0 Å². The molecular formula is C17H21N3O4S2. The Balaban J connectivity index is 1.85. The quantitative estimate of drug-likeness (QED) is 0.767. The molecule has 1 aliphatic rings. The number of benzene rings is 1. The van der Waals surface area contributed by atoms with Gasteiger partial charge in [-0.15, -0.1) is 11.3 Å².